The van der Waals surface area contributed by atoms with Crippen molar-refractivity contribution >= 4 is 21.8 Å². The van der Waals surface area contributed by atoms with Crippen LogP contribution >= 0.6 is 15.9 Å². The fourth-order valence-electron chi connectivity index (χ4n) is 3.12. The molecule has 1 heterocycles. The molecule has 18 heavy (non-hydrogen) atoms. The summed E-state index contributed by atoms with van der Waals surface area (Å²) in [5.41, 5.74) is 2.61. The van der Waals surface area contributed by atoms with Gasteiger partial charge < -0.3 is 4.90 Å². The maximum absolute atomic E-state index is 12.5. The molecule has 0 aromatic heterocycles. The van der Waals surface area contributed by atoms with Gasteiger partial charge in [-0.2, -0.15) is 0 Å². The van der Waals surface area contributed by atoms with E-state index in [4.69, 9.17) is 0 Å². The van der Waals surface area contributed by atoms with Crippen LogP contribution in [0.5, 0.6) is 0 Å². The minimum Gasteiger partial charge on any atom is -0.342 e. The van der Waals surface area contributed by atoms with E-state index < -0.39 is 0 Å². The average molecular weight is 308 g/mol. The number of amides is 1. The third kappa shape index (κ3) is 2.09. The summed E-state index contributed by atoms with van der Waals surface area (Å²) in [6.07, 6.45) is 3.30. The molecule has 0 saturated carbocycles. The van der Waals surface area contributed by atoms with E-state index in [2.05, 4.69) is 39.0 Å². The number of carbonyl (C=O) groups excluding carboxylic acids is 1. The highest BCUT2D eigenvalue weighted by Crippen LogP contribution is 2.37. The second-order valence-electron chi connectivity index (χ2n) is 5.37. The number of alkyl halides is 1. The number of carbonyl (C=O) groups is 1. The Morgan fingerprint density at radius 1 is 1.39 bits per heavy atom. The fourth-order valence-corrected chi connectivity index (χ4v) is 3.77. The van der Waals surface area contributed by atoms with Crippen LogP contribution in [0.3, 0.4) is 0 Å². The van der Waals surface area contributed by atoms with Crippen LogP contribution in [0.15, 0.2) is 24.3 Å². The molecule has 2 aliphatic rings. The van der Waals surface area contributed by atoms with Gasteiger partial charge in [-0.15, -0.1) is 0 Å². The molecular weight excluding hydrogens is 290 g/mol. The van der Waals surface area contributed by atoms with Crippen LogP contribution in [0.1, 0.15) is 29.9 Å². The van der Waals surface area contributed by atoms with Gasteiger partial charge in [-0.05, 0) is 36.3 Å². The summed E-state index contributed by atoms with van der Waals surface area (Å²) in [7, 11) is 0. The van der Waals surface area contributed by atoms with E-state index in [0.717, 1.165) is 24.8 Å². The van der Waals surface area contributed by atoms with Crippen molar-refractivity contribution < 1.29 is 4.79 Å². The second-order valence-corrected chi connectivity index (χ2v) is 6.17. The molecule has 1 fully saturated rings. The number of likely N-dealkylation sites (tertiary alicyclic amines) is 1. The Morgan fingerprint density at radius 3 is 3.00 bits per heavy atom. The van der Waals surface area contributed by atoms with E-state index in [-0.39, 0.29) is 5.92 Å². The molecule has 96 valence electrons. The molecular formula is C15H18BrNO. The van der Waals surface area contributed by atoms with Crippen LogP contribution in [0, 0.1) is 5.92 Å². The molecule has 0 bridgehead atoms. The van der Waals surface area contributed by atoms with Crippen molar-refractivity contribution in [2.75, 3.05) is 18.4 Å². The summed E-state index contributed by atoms with van der Waals surface area (Å²) < 4.78 is 0. The summed E-state index contributed by atoms with van der Waals surface area (Å²) in [6, 6.07) is 8.33. The number of rotatable bonds is 3. The van der Waals surface area contributed by atoms with Gasteiger partial charge in [0, 0.05) is 18.4 Å². The highest BCUT2D eigenvalue weighted by molar-refractivity contribution is 9.09. The van der Waals surface area contributed by atoms with Crippen molar-refractivity contribution in [3.63, 3.8) is 0 Å². The molecule has 2 nitrogen and oxygen atoms in total. The predicted octanol–water partition coefficient (Wildman–Crippen LogP) is 2.96. The SMILES string of the molecule is O=C(C1Cc2ccccc21)N1CCC(CCBr)C1. The predicted molar refractivity (Wildman–Crippen MR) is 76.0 cm³/mol. The Morgan fingerprint density at radius 2 is 2.22 bits per heavy atom. The molecule has 0 radical (unpaired) electrons. The van der Waals surface area contributed by atoms with Crippen LogP contribution in [0.4, 0.5) is 0 Å². The third-order valence-corrected chi connectivity index (χ3v) is 4.73. The first-order valence-electron chi connectivity index (χ1n) is 6.72. The van der Waals surface area contributed by atoms with Gasteiger partial charge in [0.15, 0.2) is 0 Å². The molecule has 1 aliphatic heterocycles. The molecule has 1 aromatic carbocycles. The molecule has 1 amide bonds. The average Bonchev–Trinajstić information content (AvgIpc) is 2.80. The van der Waals surface area contributed by atoms with E-state index in [0.29, 0.717) is 11.8 Å². The normalized spacial score (nSPS) is 25.7. The van der Waals surface area contributed by atoms with Crippen molar-refractivity contribution in [3.8, 4) is 0 Å². The lowest BCUT2D eigenvalue weighted by molar-refractivity contribution is -0.132. The minimum absolute atomic E-state index is 0.143. The molecule has 3 rings (SSSR count). The van der Waals surface area contributed by atoms with E-state index in [9.17, 15) is 4.79 Å². The smallest absolute Gasteiger partial charge is 0.230 e. The first-order chi connectivity index (χ1) is 8.79. The van der Waals surface area contributed by atoms with E-state index in [1.807, 2.05) is 6.07 Å². The summed E-state index contributed by atoms with van der Waals surface area (Å²) in [6.45, 7) is 1.91. The largest absolute Gasteiger partial charge is 0.342 e. The molecule has 1 aromatic rings. The summed E-state index contributed by atoms with van der Waals surface area (Å²) in [4.78, 5) is 14.5. The Labute approximate surface area is 116 Å². The zero-order valence-corrected chi connectivity index (χ0v) is 12.0. The first-order valence-corrected chi connectivity index (χ1v) is 7.84. The standard InChI is InChI=1S/C15H18BrNO/c16-7-5-11-6-8-17(10-11)15(18)14-9-12-3-1-2-4-13(12)14/h1-4,11,14H,5-10H2. The molecule has 1 saturated heterocycles. The molecule has 0 spiro atoms. The number of hydrogen-bond acceptors (Lipinski definition) is 1. The number of halogens is 1. The number of fused-ring (bicyclic) bond motifs is 1. The van der Waals surface area contributed by atoms with Crippen LogP contribution in [0.25, 0.3) is 0 Å². The lowest BCUT2D eigenvalue weighted by atomic mass is 9.77. The number of nitrogens with zero attached hydrogens (tertiary/aromatic N) is 1. The van der Waals surface area contributed by atoms with E-state index in [1.165, 1.54) is 24.0 Å². The maximum Gasteiger partial charge on any atom is 0.230 e. The third-order valence-electron chi connectivity index (χ3n) is 4.27. The van der Waals surface area contributed by atoms with Crippen LogP contribution in [-0.2, 0) is 11.2 Å². The molecule has 1 aliphatic carbocycles. The quantitative estimate of drug-likeness (QED) is 0.786. The summed E-state index contributed by atoms with van der Waals surface area (Å²) in [5, 5.41) is 1.05. The Bertz CT molecular complexity index is 460. The molecule has 3 heteroatoms. The van der Waals surface area contributed by atoms with Gasteiger partial charge in [-0.3, -0.25) is 4.79 Å². The van der Waals surface area contributed by atoms with Gasteiger partial charge in [0.1, 0.15) is 0 Å². The zero-order valence-electron chi connectivity index (χ0n) is 10.4. The van der Waals surface area contributed by atoms with Crippen molar-refractivity contribution in [2.24, 2.45) is 5.92 Å². The number of hydrogen-bond donors (Lipinski definition) is 0. The summed E-state index contributed by atoms with van der Waals surface area (Å²) in [5.74, 6) is 1.19. The van der Waals surface area contributed by atoms with Gasteiger partial charge in [0.05, 0.1) is 5.92 Å². The van der Waals surface area contributed by atoms with E-state index in [1.54, 1.807) is 0 Å². The fraction of sp³-hybridized carbons (Fsp3) is 0.533. The van der Waals surface area contributed by atoms with E-state index >= 15 is 0 Å². The monoisotopic (exact) mass is 307 g/mol. The summed E-state index contributed by atoms with van der Waals surface area (Å²) >= 11 is 3.49. The van der Waals surface area contributed by atoms with Crippen molar-refractivity contribution in [2.45, 2.75) is 25.2 Å². The van der Waals surface area contributed by atoms with Gasteiger partial charge in [-0.1, -0.05) is 40.2 Å². The van der Waals surface area contributed by atoms with Crippen molar-refractivity contribution in [3.05, 3.63) is 35.4 Å². The topological polar surface area (TPSA) is 20.3 Å². The first kappa shape index (κ1) is 12.2. The van der Waals surface area contributed by atoms with Gasteiger partial charge in [-0.25, -0.2) is 0 Å². The molecule has 0 N–H and O–H groups in total. The van der Waals surface area contributed by atoms with Crippen LogP contribution < -0.4 is 0 Å². The Hall–Kier alpha value is -0.830. The Balaban J connectivity index is 1.64. The second kappa shape index (κ2) is 5.04. The highest BCUT2D eigenvalue weighted by atomic mass is 79.9. The number of benzene rings is 1. The highest BCUT2D eigenvalue weighted by Gasteiger charge is 2.36. The van der Waals surface area contributed by atoms with Gasteiger partial charge in [0.2, 0.25) is 5.91 Å². The lowest BCUT2D eigenvalue weighted by Crippen LogP contribution is -2.38. The van der Waals surface area contributed by atoms with Crippen molar-refractivity contribution in [1.82, 2.24) is 4.90 Å². The lowest BCUT2D eigenvalue weighted by Gasteiger charge is -2.32. The van der Waals surface area contributed by atoms with Gasteiger partial charge >= 0.3 is 0 Å². The molecule has 2 unspecified atom stereocenters. The van der Waals surface area contributed by atoms with Crippen LogP contribution in [-0.4, -0.2) is 29.2 Å². The Kier molecular flexibility index (Phi) is 3.42. The maximum atomic E-state index is 12.5. The van der Waals surface area contributed by atoms with Gasteiger partial charge in [0.25, 0.3) is 0 Å². The van der Waals surface area contributed by atoms with Crippen LogP contribution in [0.2, 0.25) is 0 Å². The zero-order chi connectivity index (χ0) is 12.5. The minimum atomic E-state index is 0.143. The molecule has 2 atom stereocenters. The van der Waals surface area contributed by atoms with Crippen molar-refractivity contribution in [1.29, 1.82) is 0 Å².